The summed E-state index contributed by atoms with van der Waals surface area (Å²) in [6.45, 7) is 0. The molecule has 7 aromatic carbocycles. The van der Waals surface area contributed by atoms with Gasteiger partial charge < -0.3 is 4.42 Å². The van der Waals surface area contributed by atoms with Crippen LogP contribution in [0, 0.1) is 0 Å². The fraction of sp³-hybridized carbons (Fsp3) is 0. The molecule has 5 nitrogen and oxygen atoms in total. The summed E-state index contributed by atoms with van der Waals surface area (Å²) in [5.74, 6) is 1.78. The van der Waals surface area contributed by atoms with Crippen molar-refractivity contribution in [3.8, 4) is 45.3 Å². The molecule has 0 saturated heterocycles. The number of hydrogen-bond acceptors (Lipinski definition) is 5. The Balaban J connectivity index is 1.17. The van der Waals surface area contributed by atoms with E-state index in [1.807, 2.05) is 66.9 Å². The van der Waals surface area contributed by atoms with Gasteiger partial charge in [-0.2, -0.15) is 0 Å². The first kappa shape index (κ1) is 27.4. The third-order valence-electron chi connectivity index (χ3n) is 9.33. The zero-order valence-electron chi connectivity index (χ0n) is 26.2. The minimum Gasteiger partial charge on any atom is -0.454 e. The monoisotopic (exact) mass is 626 g/mol. The van der Waals surface area contributed by atoms with Crippen LogP contribution in [0.2, 0.25) is 0 Å². The van der Waals surface area contributed by atoms with Crippen LogP contribution < -0.4 is 0 Å². The average molecular weight is 627 g/mol. The van der Waals surface area contributed by atoms with Crippen LogP contribution in [0.25, 0.3) is 99.7 Å². The molecule has 0 radical (unpaired) electrons. The lowest BCUT2D eigenvalue weighted by Crippen LogP contribution is -2.00. The van der Waals surface area contributed by atoms with Gasteiger partial charge in [-0.3, -0.25) is 4.98 Å². The van der Waals surface area contributed by atoms with Gasteiger partial charge >= 0.3 is 0 Å². The molecule has 5 heteroatoms. The Bertz CT molecular complexity index is 2890. The van der Waals surface area contributed by atoms with Gasteiger partial charge in [0.2, 0.25) is 0 Å². The Hall–Kier alpha value is -6.72. The molecule has 0 unspecified atom stereocenters. The molecule has 0 bridgehead atoms. The van der Waals surface area contributed by atoms with E-state index in [9.17, 15) is 0 Å². The van der Waals surface area contributed by atoms with Crippen molar-refractivity contribution in [3.63, 3.8) is 0 Å². The molecular formula is C44H26N4O. The van der Waals surface area contributed by atoms with Gasteiger partial charge in [0, 0.05) is 28.5 Å². The molecule has 49 heavy (non-hydrogen) atoms. The number of pyridine rings is 1. The van der Waals surface area contributed by atoms with Gasteiger partial charge in [0.15, 0.2) is 23.1 Å². The summed E-state index contributed by atoms with van der Waals surface area (Å²) in [5, 5.41) is 8.00. The van der Waals surface area contributed by atoms with E-state index in [1.54, 1.807) is 0 Å². The standard InChI is InChI=1S/C44H26N4O/c1-2-12-28(13-3-1)42-46-43(31-22-21-27-11-4-5-14-29(27)23-31)48-44(47-42)36-19-10-20-38-40(36)41-39(49-38)25-32(26-45-41)37-24-30-15-6-7-16-33(30)34-17-8-9-18-35(34)37/h1-26H. The second-order valence-corrected chi connectivity index (χ2v) is 12.3. The SMILES string of the molecule is c1ccc(-c2nc(-c3ccc4ccccc4c3)nc(-c3cccc4oc5cc(-c6cc7ccccc7c7ccccc67)cnc5c34)n2)cc1. The van der Waals surface area contributed by atoms with Crippen molar-refractivity contribution in [3.05, 3.63) is 158 Å². The smallest absolute Gasteiger partial charge is 0.164 e. The quantitative estimate of drug-likeness (QED) is 0.182. The summed E-state index contributed by atoms with van der Waals surface area (Å²) < 4.78 is 6.52. The molecule has 0 amide bonds. The van der Waals surface area contributed by atoms with E-state index >= 15 is 0 Å². The lowest BCUT2D eigenvalue weighted by Gasteiger charge is -2.11. The van der Waals surface area contributed by atoms with Crippen LogP contribution in [0.1, 0.15) is 0 Å². The van der Waals surface area contributed by atoms with E-state index < -0.39 is 0 Å². The molecule has 0 aliphatic rings. The van der Waals surface area contributed by atoms with Crippen LogP contribution in [-0.2, 0) is 0 Å². The number of rotatable bonds is 4. The first-order chi connectivity index (χ1) is 24.3. The average Bonchev–Trinajstić information content (AvgIpc) is 3.56. The van der Waals surface area contributed by atoms with Crippen LogP contribution in [0.4, 0.5) is 0 Å². The summed E-state index contributed by atoms with van der Waals surface area (Å²) in [5.41, 5.74) is 7.02. The fourth-order valence-electron chi connectivity index (χ4n) is 6.99. The summed E-state index contributed by atoms with van der Waals surface area (Å²) in [7, 11) is 0. The third kappa shape index (κ3) is 4.55. The van der Waals surface area contributed by atoms with Crippen molar-refractivity contribution < 1.29 is 4.42 Å². The molecule has 3 aromatic heterocycles. The van der Waals surface area contributed by atoms with Crippen LogP contribution in [0.5, 0.6) is 0 Å². The van der Waals surface area contributed by atoms with E-state index in [1.165, 1.54) is 26.9 Å². The molecule has 0 fully saturated rings. The molecule has 228 valence electrons. The molecule has 0 aliphatic heterocycles. The molecule has 3 heterocycles. The second kappa shape index (κ2) is 10.9. The summed E-state index contributed by atoms with van der Waals surface area (Å²) >= 11 is 0. The number of benzene rings is 7. The van der Waals surface area contributed by atoms with Crippen molar-refractivity contribution in [1.29, 1.82) is 0 Å². The third-order valence-corrected chi connectivity index (χ3v) is 9.33. The van der Waals surface area contributed by atoms with Crippen LogP contribution >= 0.6 is 0 Å². The minimum absolute atomic E-state index is 0.566. The summed E-state index contributed by atoms with van der Waals surface area (Å²) in [6, 6.07) is 52.1. The highest BCUT2D eigenvalue weighted by Crippen LogP contribution is 2.39. The predicted octanol–water partition coefficient (Wildman–Crippen LogP) is 11.3. The van der Waals surface area contributed by atoms with Gasteiger partial charge in [0.05, 0.1) is 5.39 Å². The lowest BCUT2D eigenvalue weighted by atomic mass is 9.94. The Morgan fingerprint density at radius 2 is 1.08 bits per heavy atom. The maximum absolute atomic E-state index is 6.52. The van der Waals surface area contributed by atoms with Gasteiger partial charge in [-0.1, -0.05) is 127 Å². The maximum atomic E-state index is 6.52. The molecule has 0 aliphatic carbocycles. The number of nitrogens with zero attached hydrogens (tertiary/aromatic N) is 4. The molecule has 0 saturated carbocycles. The number of hydrogen-bond donors (Lipinski definition) is 0. The molecule has 10 aromatic rings. The van der Waals surface area contributed by atoms with Gasteiger partial charge in [0.1, 0.15) is 11.1 Å². The first-order valence-electron chi connectivity index (χ1n) is 16.3. The van der Waals surface area contributed by atoms with E-state index in [-0.39, 0.29) is 0 Å². The normalized spacial score (nSPS) is 11.7. The maximum Gasteiger partial charge on any atom is 0.164 e. The largest absolute Gasteiger partial charge is 0.454 e. The van der Waals surface area contributed by atoms with Crippen LogP contribution in [-0.4, -0.2) is 19.9 Å². The number of fused-ring (bicyclic) bond motifs is 7. The zero-order valence-corrected chi connectivity index (χ0v) is 26.2. The number of aromatic nitrogens is 4. The van der Waals surface area contributed by atoms with E-state index in [0.717, 1.165) is 49.7 Å². The Kier molecular flexibility index (Phi) is 6.11. The van der Waals surface area contributed by atoms with Gasteiger partial charge in [0.25, 0.3) is 0 Å². The second-order valence-electron chi connectivity index (χ2n) is 12.3. The fourth-order valence-corrected chi connectivity index (χ4v) is 6.99. The minimum atomic E-state index is 0.566. The van der Waals surface area contributed by atoms with Crippen molar-refractivity contribution in [1.82, 2.24) is 19.9 Å². The van der Waals surface area contributed by atoms with Crippen molar-refractivity contribution in [2.75, 3.05) is 0 Å². The van der Waals surface area contributed by atoms with Crippen molar-refractivity contribution in [2.24, 2.45) is 0 Å². The highest BCUT2D eigenvalue weighted by atomic mass is 16.3. The highest BCUT2D eigenvalue weighted by Gasteiger charge is 2.20. The van der Waals surface area contributed by atoms with Gasteiger partial charge in [-0.15, -0.1) is 0 Å². The van der Waals surface area contributed by atoms with Crippen LogP contribution in [0.3, 0.4) is 0 Å². The predicted molar refractivity (Wildman–Crippen MR) is 199 cm³/mol. The van der Waals surface area contributed by atoms with Crippen molar-refractivity contribution >= 4 is 54.4 Å². The Morgan fingerprint density at radius 1 is 0.388 bits per heavy atom. The highest BCUT2D eigenvalue weighted by molar-refractivity contribution is 6.15. The Morgan fingerprint density at radius 3 is 1.94 bits per heavy atom. The lowest BCUT2D eigenvalue weighted by molar-refractivity contribution is 0.668. The zero-order chi connectivity index (χ0) is 32.3. The summed E-state index contributed by atoms with van der Waals surface area (Å²) in [4.78, 5) is 20.1. The van der Waals surface area contributed by atoms with E-state index in [2.05, 4.69) is 91.0 Å². The summed E-state index contributed by atoms with van der Waals surface area (Å²) in [6.07, 6.45) is 1.95. The van der Waals surface area contributed by atoms with Crippen LogP contribution in [0.15, 0.2) is 162 Å². The molecular weight excluding hydrogens is 601 g/mol. The number of furan rings is 1. The molecule has 0 spiro atoms. The van der Waals surface area contributed by atoms with E-state index in [4.69, 9.17) is 24.4 Å². The van der Waals surface area contributed by atoms with Crippen molar-refractivity contribution in [2.45, 2.75) is 0 Å². The van der Waals surface area contributed by atoms with Gasteiger partial charge in [-0.25, -0.2) is 15.0 Å². The molecule has 10 rings (SSSR count). The molecule has 0 atom stereocenters. The van der Waals surface area contributed by atoms with Gasteiger partial charge in [-0.05, 0) is 62.1 Å². The van der Waals surface area contributed by atoms with E-state index in [0.29, 0.717) is 23.1 Å². The molecule has 0 N–H and O–H groups in total. The first-order valence-corrected chi connectivity index (χ1v) is 16.3. The topological polar surface area (TPSA) is 64.7 Å². The Labute approximate surface area is 281 Å².